The fraction of sp³-hybridized carbons (Fsp3) is 0.471. The number of nitrogens with zero attached hydrogens (tertiary/aromatic N) is 4. The Bertz CT molecular complexity index is 777. The van der Waals surface area contributed by atoms with Gasteiger partial charge in [0.25, 0.3) is 5.89 Å². The van der Waals surface area contributed by atoms with Gasteiger partial charge in [-0.15, -0.1) is 21.5 Å². The van der Waals surface area contributed by atoms with E-state index in [1.165, 1.54) is 10.4 Å². The molecule has 24 heavy (non-hydrogen) atoms. The molecule has 3 aromatic rings. The zero-order chi connectivity index (χ0) is 17.1. The van der Waals surface area contributed by atoms with Crippen LogP contribution in [-0.2, 0) is 13.0 Å². The summed E-state index contributed by atoms with van der Waals surface area (Å²) in [6, 6.07) is 4.53. The van der Waals surface area contributed by atoms with Crippen molar-refractivity contribution in [3.8, 4) is 10.8 Å². The highest BCUT2D eigenvalue weighted by Crippen LogP contribution is 2.30. The molecule has 0 amide bonds. The molecular weight excluding hydrogens is 322 g/mol. The summed E-state index contributed by atoms with van der Waals surface area (Å²) in [7, 11) is 0. The summed E-state index contributed by atoms with van der Waals surface area (Å²) in [6.45, 7) is 9.08. The number of hydrogen-bond acceptors (Lipinski definition) is 6. The molecule has 2 atom stereocenters. The molecule has 0 fully saturated rings. The zero-order valence-corrected chi connectivity index (χ0v) is 15.3. The number of aromatic nitrogens is 4. The first-order chi connectivity index (χ1) is 11.6. The average molecular weight is 345 g/mol. The maximum atomic E-state index is 5.81. The second-order valence-electron chi connectivity index (χ2n) is 5.97. The number of hydrogen-bond donors (Lipinski definition) is 1. The minimum atomic E-state index is 0.232. The lowest BCUT2D eigenvalue weighted by Crippen LogP contribution is -2.33. The standard InChI is InChI=1S/C17H23N5OS/c1-5-14-11(2)9-15(24-14)17-21-20-16(23-17)10-18-12(3)13(4)22-8-6-7-19-22/h6-9,12-13,18H,5,10H2,1-4H3/t12-,13+/m0/s1. The van der Waals surface area contributed by atoms with Crippen LogP contribution >= 0.6 is 11.3 Å². The van der Waals surface area contributed by atoms with Gasteiger partial charge in [0.05, 0.1) is 17.5 Å². The fourth-order valence-electron chi connectivity index (χ4n) is 2.57. The van der Waals surface area contributed by atoms with Crippen molar-refractivity contribution in [2.24, 2.45) is 0 Å². The van der Waals surface area contributed by atoms with E-state index in [0.717, 1.165) is 11.3 Å². The molecule has 0 aromatic carbocycles. The van der Waals surface area contributed by atoms with Gasteiger partial charge in [-0.3, -0.25) is 4.68 Å². The molecule has 0 saturated carbocycles. The average Bonchev–Trinajstić information content (AvgIpc) is 3.31. The van der Waals surface area contributed by atoms with Crippen LogP contribution in [0.15, 0.2) is 28.9 Å². The van der Waals surface area contributed by atoms with Crippen LogP contribution in [0.25, 0.3) is 10.8 Å². The van der Waals surface area contributed by atoms with Crippen molar-refractivity contribution in [3.05, 3.63) is 40.9 Å². The monoisotopic (exact) mass is 345 g/mol. The molecule has 0 saturated heterocycles. The van der Waals surface area contributed by atoms with Crippen LogP contribution in [-0.4, -0.2) is 26.0 Å². The van der Waals surface area contributed by atoms with E-state index < -0.39 is 0 Å². The smallest absolute Gasteiger partial charge is 0.257 e. The molecule has 0 aliphatic heterocycles. The summed E-state index contributed by atoms with van der Waals surface area (Å²) in [5.41, 5.74) is 1.29. The van der Waals surface area contributed by atoms with Gasteiger partial charge in [0.1, 0.15) is 0 Å². The summed E-state index contributed by atoms with van der Waals surface area (Å²) in [5.74, 6) is 1.21. The number of rotatable bonds is 7. The van der Waals surface area contributed by atoms with E-state index in [-0.39, 0.29) is 12.1 Å². The molecule has 3 heterocycles. The van der Waals surface area contributed by atoms with Gasteiger partial charge in [0, 0.05) is 23.3 Å². The fourth-order valence-corrected chi connectivity index (χ4v) is 3.61. The summed E-state index contributed by atoms with van der Waals surface area (Å²) in [5, 5.41) is 16.0. The molecule has 3 aromatic heterocycles. The molecule has 3 rings (SSSR count). The van der Waals surface area contributed by atoms with Gasteiger partial charge in [0.2, 0.25) is 5.89 Å². The van der Waals surface area contributed by atoms with E-state index in [4.69, 9.17) is 4.42 Å². The Labute approximate surface area is 145 Å². The van der Waals surface area contributed by atoms with Crippen molar-refractivity contribution in [2.75, 3.05) is 0 Å². The lowest BCUT2D eigenvalue weighted by Gasteiger charge is -2.20. The van der Waals surface area contributed by atoms with Gasteiger partial charge in [-0.25, -0.2) is 0 Å². The Morgan fingerprint density at radius 2 is 2.17 bits per heavy atom. The lowest BCUT2D eigenvalue weighted by atomic mass is 10.2. The lowest BCUT2D eigenvalue weighted by molar-refractivity contribution is 0.349. The van der Waals surface area contributed by atoms with E-state index in [2.05, 4.69) is 54.4 Å². The highest BCUT2D eigenvalue weighted by molar-refractivity contribution is 7.15. The first-order valence-electron chi connectivity index (χ1n) is 8.23. The van der Waals surface area contributed by atoms with E-state index >= 15 is 0 Å². The summed E-state index contributed by atoms with van der Waals surface area (Å²) >= 11 is 1.73. The molecular formula is C17H23N5OS. The predicted octanol–water partition coefficient (Wildman–Crippen LogP) is 3.60. The molecule has 0 radical (unpaired) electrons. The Balaban J connectivity index is 1.61. The van der Waals surface area contributed by atoms with Crippen LogP contribution in [0.2, 0.25) is 0 Å². The highest BCUT2D eigenvalue weighted by atomic mass is 32.1. The van der Waals surface area contributed by atoms with Crippen molar-refractivity contribution in [1.82, 2.24) is 25.3 Å². The maximum absolute atomic E-state index is 5.81. The third-order valence-corrected chi connectivity index (χ3v) is 5.63. The topological polar surface area (TPSA) is 68.8 Å². The second-order valence-corrected chi connectivity index (χ2v) is 7.10. The number of nitrogens with one attached hydrogen (secondary N) is 1. The Hall–Kier alpha value is -1.99. The van der Waals surface area contributed by atoms with Gasteiger partial charge in [-0.05, 0) is 44.9 Å². The van der Waals surface area contributed by atoms with Crippen molar-refractivity contribution < 1.29 is 4.42 Å². The zero-order valence-electron chi connectivity index (χ0n) is 14.5. The molecule has 0 unspecified atom stereocenters. The highest BCUT2D eigenvalue weighted by Gasteiger charge is 2.16. The first kappa shape index (κ1) is 16.9. The second kappa shape index (κ2) is 7.27. The molecule has 1 N–H and O–H groups in total. The quantitative estimate of drug-likeness (QED) is 0.708. The van der Waals surface area contributed by atoms with Crippen molar-refractivity contribution in [2.45, 2.75) is 52.7 Å². The molecule has 0 aliphatic carbocycles. The Kier molecular flexibility index (Phi) is 5.11. The van der Waals surface area contributed by atoms with Crippen molar-refractivity contribution in [3.63, 3.8) is 0 Å². The van der Waals surface area contributed by atoms with Gasteiger partial charge in [-0.1, -0.05) is 6.92 Å². The summed E-state index contributed by atoms with van der Waals surface area (Å²) in [4.78, 5) is 2.41. The summed E-state index contributed by atoms with van der Waals surface area (Å²) in [6.07, 6.45) is 4.79. The third kappa shape index (κ3) is 3.57. The van der Waals surface area contributed by atoms with E-state index in [1.54, 1.807) is 17.5 Å². The predicted molar refractivity (Wildman–Crippen MR) is 95.0 cm³/mol. The third-order valence-electron chi connectivity index (χ3n) is 4.26. The number of thiophene rings is 1. The van der Waals surface area contributed by atoms with Gasteiger partial charge >= 0.3 is 0 Å². The Morgan fingerprint density at radius 1 is 1.33 bits per heavy atom. The molecule has 6 nitrogen and oxygen atoms in total. The largest absolute Gasteiger partial charge is 0.419 e. The maximum Gasteiger partial charge on any atom is 0.257 e. The normalized spacial score (nSPS) is 14.0. The van der Waals surface area contributed by atoms with Crippen LogP contribution in [0, 0.1) is 6.92 Å². The van der Waals surface area contributed by atoms with Crippen molar-refractivity contribution in [1.29, 1.82) is 0 Å². The van der Waals surface area contributed by atoms with E-state index in [0.29, 0.717) is 18.3 Å². The van der Waals surface area contributed by atoms with Gasteiger partial charge in [0.15, 0.2) is 0 Å². The van der Waals surface area contributed by atoms with Gasteiger partial charge in [-0.2, -0.15) is 5.10 Å². The molecule has 128 valence electrons. The van der Waals surface area contributed by atoms with Crippen LogP contribution in [0.5, 0.6) is 0 Å². The Morgan fingerprint density at radius 3 is 2.83 bits per heavy atom. The number of aryl methyl sites for hydroxylation is 2. The minimum absolute atomic E-state index is 0.232. The SMILES string of the molecule is CCc1sc(-c2nnc(CN[C@@H](C)[C@@H](C)n3cccn3)o2)cc1C. The molecule has 0 spiro atoms. The van der Waals surface area contributed by atoms with E-state index in [1.807, 2.05) is 16.9 Å². The van der Waals surface area contributed by atoms with Crippen LogP contribution in [0.1, 0.15) is 43.1 Å². The van der Waals surface area contributed by atoms with Crippen LogP contribution in [0.3, 0.4) is 0 Å². The summed E-state index contributed by atoms with van der Waals surface area (Å²) < 4.78 is 7.75. The van der Waals surface area contributed by atoms with E-state index in [9.17, 15) is 0 Å². The van der Waals surface area contributed by atoms with Gasteiger partial charge < -0.3 is 9.73 Å². The van der Waals surface area contributed by atoms with Crippen LogP contribution in [0.4, 0.5) is 0 Å². The molecule has 0 aliphatic rings. The van der Waals surface area contributed by atoms with Crippen molar-refractivity contribution >= 4 is 11.3 Å². The first-order valence-corrected chi connectivity index (χ1v) is 9.04. The van der Waals surface area contributed by atoms with Crippen LogP contribution < -0.4 is 5.32 Å². The minimum Gasteiger partial charge on any atom is -0.419 e. The molecule has 7 heteroatoms. The molecule has 0 bridgehead atoms.